The average molecular weight is 401 g/mol. The maximum absolute atomic E-state index is 11.4. The molecule has 162 valence electrons. The Labute approximate surface area is 169 Å². The molecule has 0 saturated carbocycles. The van der Waals surface area contributed by atoms with Crippen LogP contribution in [0.1, 0.15) is 71.7 Å². The Kier molecular flexibility index (Phi) is 22.2. The van der Waals surface area contributed by atoms with Crippen LogP contribution in [0.5, 0.6) is 0 Å². The van der Waals surface area contributed by atoms with E-state index >= 15 is 0 Å². The molecule has 8 nitrogen and oxygen atoms in total. The van der Waals surface area contributed by atoms with Gasteiger partial charge >= 0.3 is 6.09 Å². The number of carboxylic acid groups (broad SMARTS) is 1. The Morgan fingerprint density at radius 3 is 2.21 bits per heavy atom. The molecule has 0 unspecified atom stereocenters. The van der Waals surface area contributed by atoms with Gasteiger partial charge in [-0.15, -0.1) is 0 Å². The lowest BCUT2D eigenvalue weighted by atomic mass is 10.1. The van der Waals surface area contributed by atoms with E-state index in [9.17, 15) is 9.59 Å². The first-order chi connectivity index (χ1) is 13.2. The molecule has 0 aliphatic heterocycles. The fourth-order valence-corrected chi connectivity index (χ4v) is 1.63. The molecular weight excluding hydrogens is 362 g/mol. The predicted octanol–water partition coefficient (Wildman–Crippen LogP) is 3.34. The standard InChI is InChI=1S/C14H21N3O3.C2H4O2.2C2H6/c1-11(2)5-3-7-16-14(19)20-10-17-8-4-6-12(9-17)13(15)18;1-2(3)4;2*1-2/h4,6,8-9,11H,3,5,7,10H2,1-2H3,(H2-,15,16,18,19);1H3,(H,3,4);2*1-2H3/p+1. The SMILES string of the molecule is CC.CC.CC(=O)O.CC(C)CCCNC(=O)OC[n+]1cccc(C(N)=O)c1. The number of primary amides is 1. The number of amides is 2. The average Bonchev–Trinajstić information content (AvgIpc) is 2.66. The lowest BCUT2D eigenvalue weighted by molar-refractivity contribution is -0.727. The van der Waals surface area contributed by atoms with Crippen LogP contribution < -0.4 is 15.6 Å². The molecule has 2 amide bonds. The van der Waals surface area contributed by atoms with E-state index in [1.165, 1.54) is 6.20 Å². The highest BCUT2D eigenvalue weighted by Gasteiger charge is 2.09. The number of nitrogens with two attached hydrogens (primary N) is 1. The molecule has 4 N–H and O–H groups in total. The number of hydrogen-bond acceptors (Lipinski definition) is 4. The number of ether oxygens (including phenoxy) is 1. The van der Waals surface area contributed by atoms with Crippen LogP contribution in [-0.2, 0) is 16.3 Å². The highest BCUT2D eigenvalue weighted by molar-refractivity contribution is 5.92. The van der Waals surface area contributed by atoms with Gasteiger partial charge in [0.1, 0.15) is 5.56 Å². The Hall–Kier alpha value is -2.64. The summed E-state index contributed by atoms with van der Waals surface area (Å²) in [6.45, 7) is 14.0. The molecule has 1 aromatic rings. The van der Waals surface area contributed by atoms with E-state index in [0.717, 1.165) is 19.8 Å². The minimum Gasteiger partial charge on any atom is -0.481 e. The number of carbonyl (C=O) groups excluding carboxylic acids is 2. The molecule has 0 aromatic carbocycles. The van der Waals surface area contributed by atoms with Gasteiger partial charge in [-0.2, -0.15) is 4.57 Å². The molecule has 0 radical (unpaired) electrons. The molecule has 8 heteroatoms. The second kappa shape index (κ2) is 20.7. The van der Waals surface area contributed by atoms with E-state index in [2.05, 4.69) is 19.2 Å². The largest absolute Gasteiger partial charge is 0.481 e. The van der Waals surface area contributed by atoms with Crippen molar-refractivity contribution in [1.29, 1.82) is 0 Å². The van der Waals surface area contributed by atoms with Gasteiger partial charge in [-0.3, -0.25) is 9.59 Å². The third-order valence-electron chi connectivity index (χ3n) is 2.72. The Morgan fingerprint density at radius 2 is 1.75 bits per heavy atom. The third-order valence-corrected chi connectivity index (χ3v) is 2.72. The van der Waals surface area contributed by atoms with Gasteiger partial charge in [0.15, 0.2) is 12.4 Å². The van der Waals surface area contributed by atoms with E-state index in [-0.39, 0.29) is 6.73 Å². The summed E-state index contributed by atoms with van der Waals surface area (Å²) in [6.07, 6.45) is 4.75. The van der Waals surface area contributed by atoms with Gasteiger partial charge in [0.05, 0.1) is 0 Å². The maximum atomic E-state index is 11.4. The predicted molar refractivity (Wildman–Crippen MR) is 110 cm³/mol. The van der Waals surface area contributed by atoms with Crippen molar-refractivity contribution in [2.24, 2.45) is 11.7 Å². The van der Waals surface area contributed by atoms with E-state index < -0.39 is 18.0 Å². The zero-order chi connectivity index (χ0) is 22.5. The van der Waals surface area contributed by atoms with Crippen molar-refractivity contribution in [1.82, 2.24) is 5.32 Å². The van der Waals surface area contributed by atoms with Gasteiger partial charge in [-0.05, 0) is 24.8 Å². The molecule has 0 fully saturated rings. The molecule has 0 atom stereocenters. The summed E-state index contributed by atoms with van der Waals surface area (Å²) in [4.78, 5) is 31.5. The lowest BCUT2D eigenvalue weighted by Gasteiger charge is -2.06. The van der Waals surface area contributed by atoms with Gasteiger partial charge in [-0.25, -0.2) is 4.79 Å². The maximum Gasteiger partial charge on any atom is 0.411 e. The van der Waals surface area contributed by atoms with E-state index in [1.807, 2.05) is 27.7 Å². The topological polar surface area (TPSA) is 123 Å². The van der Waals surface area contributed by atoms with Crippen LogP contribution in [0.25, 0.3) is 0 Å². The first-order valence-corrected chi connectivity index (χ1v) is 9.61. The summed E-state index contributed by atoms with van der Waals surface area (Å²) < 4.78 is 6.61. The van der Waals surface area contributed by atoms with Crippen molar-refractivity contribution in [3.63, 3.8) is 0 Å². The van der Waals surface area contributed by atoms with Crippen LogP contribution in [0.4, 0.5) is 4.79 Å². The summed E-state index contributed by atoms with van der Waals surface area (Å²) in [5.74, 6) is -0.725. The molecule has 1 rings (SSSR count). The fraction of sp³-hybridized carbons (Fsp3) is 0.600. The summed E-state index contributed by atoms with van der Waals surface area (Å²) in [6, 6.07) is 3.27. The zero-order valence-corrected chi connectivity index (χ0v) is 18.3. The van der Waals surface area contributed by atoms with Crippen LogP contribution in [0.3, 0.4) is 0 Å². The number of hydrogen-bond donors (Lipinski definition) is 3. The van der Waals surface area contributed by atoms with Crippen molar-refractivity contribution in [2.45, 2.75) is 68.0 Å². The van der Waals surface area contributed by atoms with Gasteiger partial charge < -0.3 is 20.9 Å². The summed E-state index contributed by atoms with van der Waals surface area (Å²) >= 11 is 0. The number of carboxylic acids is 1. The van der Waals surface area contributed by atoms with Crippen molar-refractivity contribution in [2.75, 3.05) is 6.54 Å². The van der Waals surface area contributed by atoms with Crippen LogP contribution in [0.2, 0.25) is 0 Å². The number of nitrogens with one attached hydrogen (secondary N) is 1. The molecule has 1 heterocycles. The monoisotopic (exact) mass is 400 g/mol. The lowest BCUT2D eigenvalue weighted by Crippen LogP contribution is -2.39. The number of carbonyl (C=O) groups is 3. The van der Waals surface area contributed by atoms with Gasteiger partial charge in [0.25, 0.3) is 18.6 Å². The van der Waals surface area contributed by atoms with Gasteiger partial charge in [0, 0.05) is 19.5 Å². The molecule has 0 aliphatic carbocycles. The summed E-state index contributed by atoms with van der Waals surface area (Å²) in [7, 11) is 0. The van der Waals surface area contributed by atoms with E-state index in [4.69, 9.17) is 20.4 Å². The summed E-state index contributed by atoms with van der Waals surface area (Å²) in [5.41, 5.74) is 5.54. The van der Waals surface area contributed by atoms with Crippen molar-refractivity contribution in [3.8, 4) is 0 Å². The first-order valence-electron chi connectivity index (χ1n) is 9.61. The fourth-order valence-electron chi connectivity index (χ4n) is 1.63. The Morgan fingerprint density at radius 1 is 1.21 bits per heavy atom. The minimum atomic E-state index is -0.833. The van der Waals surface area contributed by atoms with Gasteiger partial charge in [-0.1, -0.05) is 41.5 Å². The van der Waals surface area contributed by atoms with E-state index in [1.54, 1.807) is 22.9 Å². The second-order valence-electron chi connectivity index (χ2n) is 5.51. The van der Waals surface area contributed by atoms with Crippen LogP contribution in [0, 0.1) is 5.92 Å². The highest BCUT2D eigenvalue weighted by Crippen LogP contribution is 2.01. The normalized spacial score (nSPS) is 8.71. The molecule has 0 aliphatic rings. The number of aromatic nitrogens is 1. The molecule has 0 spiro atoms. The number of alkyl carbamates (subject to hydrolysis) is 1. The molecular formula is C20H38N3O5+. The highest BCUT2D eigenvalue weighted by atomic mass is 16.6. The Balaban J connectivity index is -0.000000675. The van der Waals surface area contributed by atoms with Crippen LogP contribution >= 0.6 is 0 Å². The first kappa shape index (κ1) is 30.1. The van der Waals surface area contributed by atoms with E-state index in [0.29, 0.717) is 18.0 Å². The number of nitrogens with zero attached hydrogens (tertiary/aromatic N) is 1. The molecule has 28 heavy (non-hydrogen) atoms. The minimum absolute atomic E-state index is 0.0388. The van der Waals surface area contributed by atoms with Crippen molar-refractivity contribution < 1.29 is 28.8 Å². The smallest absolute Gasteiger partial charge is 0.411 e. The summed E-state index contributed by atoms with van der Waals surface area (Å²) in [5, 5.41) is 10.1. The van der Waals surface area contributed by atoms with Crippen LogP contribution in [-0.4, -0.2) is 29.6 Å². The number of pyridine rings is 1. The van der Waals surface area contributed by atoms with Crippen molar-refractivity contribution >= 4 is 18.0 Å². The molecule has 0 saturated heterocycles. The zero-order valence-electron chi connectivity index (χ0n) is 18.3. The van der Waals surface area contributed by atoms with Crippen LogP contribution in [0.15, 0.2) is 24.5 Å². The molecule has 1 aromatic heterocycles. The quantitative estimate of drug-likeness (QED) is 0.478. The van der Waals surface area contributed by atoms with Crippen molar-refractivity contribution in [3.05, 3.63) is 30.1 Å². The second-order valence-corrected chi connectivity index (χ2v) is 5.51. The third kappa shape index (κ3) is 21.4. The number of rotatable bonds is 7. The number of aliphatic carboxylic acids is 1. The van der Waals surface area contributed by atoms with Gasteiger partial charge in [0.2, 0.25) is 0 Å². The Bertz CT molecular complexity index is 544. The molecule has 0 bridgehead atoms.